The van der Waals surface area contributed by atoms with Crippen molar-refractivity contribution in [2.75, 3.05) is 13.2 Å². The van der Waals surface area contributed by atoms with Gasteiger partial charge in [0.15, 0.2) is 0 Å². The van der Waals surface area contributed by atoms with Crippen molar-refractivity contribution < 1.29 is 29.3 Å². The summed E-state index contributed by atoms with van der Waals surface area (Å²) in [4.78, 5) is 13.2. The first kappa shape index (κ1) is 17.8. The Hall–Kier alpha value is -1.63. The highest BCUT2D eigenvalue weighted by Crippen LogP contribution is 2.65. The van der Waals surface area contributed by atoms with Gasteiger partial charge in [0.25, 0.3) is 0 Å². The van der Waals surface area contributed by atoms with Gasteiger partial charge in [0.05, 0.1) is 37.3 Å². The van der Waals surface area contributed by atoms with Crippen LogP contribution in [0.15, 0.2) is 34.7 Å². The van der Waals surface area contributed by atoms with Gasteiger partial charge >= 0.3 is 5.97 Å². The Morgan fingerprint density at radius 2 is 2.15 bits per heavy atom. The number of aliphatic hydroxyl groups is 3. The number of hydrogen-bond donors (Lipinski definition) is 3. The number of allylic oxidation sites excluding steroid dienone is 1. The molecule has 142 valence electrons. The minimum absolute atomic E-state index is 0.0791. The maximum Gasteiger partial charge on any atom is 0.313 e. The highest BCUT2D eigenvalue weighted by atomic mass is 16.6. The van der Waals surface area contributed by atoms with Crippen LogP contribution in [0.4, 0.5) is 0 Å². The van der Waals surface area contributed by atoms with Gasteiger partial charge in [-0.25, -0.2) is 0 Å². The van der Waals surface area contributed by atoms with E-state index in [9.17, 15) is 20.1 Å². The molecule has 6 heteroatoms. The molecule has 4 rings (SSSR count). The van der Waals surface area contributed by atoms with Crippen molar-refractivity contribution in [1.29, 1.82) is 0 Å². The molecule has 1 aliphatic heterocycles. The number of carbonyl (C=O) groups excluding carboxylic acids is 1. The zero-order valence-electron chi connectivity index (χ0n) is 14.9. The van der Waals surface area contributed by atoms with Gasteiger partial charge in [-0.1, -0.05) is 13.0 Å². The van der Waals surface area contributed by atoms with Gasteiger partial charge in [0.1, 0.15) is 6.10 Å². The van der Waals surface area contributed by atoms with Crippen LogP contribution in [0.1, 0.15) is 44.3 Å². The first-order chi connectivity index (χ1) is 12.5. The number of esters is 1. The van der Waals surface area contributed by atoms with Crippen molar-refractivity contribution in [3.8, 4) is 0 Å². The fraction of sp³-hybridized carbons (Fsp3) is 0.650. The second-order valence-corrected chi connectivity index (χ2v) is 8.06. The van der Waals surface area contributed by atoms with Crippen molar-refractivity contribution in [2.24, 2.45) is 22.7 Å². The quantitative estimate of drug-likeness (QED) is 0.561. The molecule has 0 bridgehead atoms. The molecular weight excluding hydrogens is 336 g/mol. The van der Waals surface area contributed by atoms with E-state index in [1.54, 1.807) is 18.6 Å². The summed E-state index contributed by atoms with van der Waals surface area (Å²) >= 11 is 0. The van der Waals surface area contributed by atoms with Crippen LogP contribution in [0.2, 0.25) is 0 Å². The van der Waals surface area contributed by atoms with Crippen LogP contribution in [0.3, 0.4) is 0 Å². The number of ether oxygens (including phenoxy) is 1. The van der Waals surface area contributed by atoms with E-state index in [1.807, 2.05) is 13.0 Å². The highest BCUT2D eigenvalue weighted by Gasteiger charge is 2.68. The fourth-order valence-corrected chi connectivity index (χ4v) is 5.89. The van der Waals surface area contributed by atoms with Gasteiger partial charge in [-0.2, -0.15) is 0 Å². The van der Waals surface area contributed by atoms with Gasteiger partial charge in [0.2, 0.25) is 0 Å². The minimum atomic E-state index is -0.982. The van der Waals surface area contributed by atoms with Gasteiger partial charge in [-0.15, -0.1) is 0 Å². The zero-order valence-corrected chi connectivity index (χ0v) is 14.9. The Bertz CT molecular complexity index is 710. The van der Waals surface area contributed by atoms with E-state index in [0.29, 0.717) is 31.3 Å². The number of fused-ring (bicyclic) bond motifs is 2. The number of rotatable bonds is 3. The molecule has 2 heterocycles. The Kier molecular flexibility index (Phi) is 4.25. The van der Waals surface area contributed by atoms with E-state index in [0.717, 1.165) is 5.56 Å². The van der Waals surface area contributed by atoms with E-state index in [2.05, 4.69) is 0 Å². The number of cyclic esters (lactones) is 1. The first-order valence-electron chi connectivity index (χ1n) is 9.33. The lowest BCUT2D eigenvalue weighted by Crippen LogP contribution is -2.62. The third-order valence-electron chi connectivity index (χ3n) is 7.24. The summed E-state index contributed by atoms with van der Waals surface area (Å²) in [5, 5.41) is 31.2. The molecule has 1 aromatic heterocycles. The summed E-state index contributed by atoms with van der Waals surface area (Å²) in [5.41, 5.74) is -0.283. The van der Waals surface area contributed by atoms with Crippen molar-refractivity contribution >= 4 is 5.97 Å². The molecule has 3 N–H and O–H groups in total. The monoisotopic (exact) mass is 362 g/mol. The molecule has 26 heavy (non-hydrogen) atoms. The Morgan fingerprint density at radius 3 is 2.81 bits per heavy atom. The molecule has 0 aromatic carbocycles. The number of hydrogen-bond acceptors (Lipinski definition) is 6. The standard InChI is InChI=1S/C20H26O6/c1-12-7-17(23)20(11-22)14(9-21)3-2-4-16(20)19(12)8-15(26-18(19)24)13-5-6-25-10-13/h3,5-6,10,12,15-17,21-23H,2,4,7-9,11H2,1H3/t12-,15+,16-,17-,19-,20+/m1/s1. The third-order valence-corrected chi connectivity index (χ3v) is 7.24. The molecule has 1 saturated heterocycles. The lowest BCUT2D eigenvalue weighted by molar-refractivity contribution is -0.179. The van der Waals surface area contributed by atoms with Crippen molar-refractivity contribution in [2.45, 2.75) is 44.8 Å². The average molecular weight is 362 g/mol. The second-order valence-electron chi connectivity index (χ2n) is 8.06. The maximum absolute atomic E-state index is 13.2. The molecule has 6 nitrogen and oxygen atoms in total. The van der Waals surface area contributed by atoms with Gasteiger partial charge in [-0.3, -0.25) is 4.79 Å². The molecule has 6 atom stereocenters. The van der Waals surface area contributed by atoms with Crippen LogP contribution >= 0.6 is 0 Å². The molecule has 0 radical (unpaired) electrons. The fourth-order valence-electron chi connectivity index (χ4n) is 5.89. The molecule has 3 aliphatic rings. The Morgan fingerprint density at radius 1 is 1.35 bits per heavy atom. The SMILES string of the molecule is C[C@@H]1C[C@@H](O)[C@@]2(CO)C(CO)=CCC[C@@H]2[C@@]12C[C@@H](c1ccoc1)OC2=O. The lowest BCUT2D eigenvalue weighted by atomic mass is 9.45. The Balaban J connectivity index is 1.81. The van der Waals surface area contributed by atoms with E-state index in [4.69, 9.17) is 9.15 Å². The average Bonchev–Trinajstić information content (AvgIpc) is 3.28. The normalized spacial score (nSPS) is 42.5. The van der Waals surface area contributed by atoms with Crippen molar-refractivity contribution in [1.82, 2.24) is 0 Å². The first-order valence-corrected chi connectivity index (χ1v) is 9.33. The van der Waals surface area contributed by atoms with E-state index < -0.39 is 16.9 Å². The van der Waals surface area contributed by atoms with Crippen LogP contribution in [-0.4, -0.2) is 40.6 Å². The van der Waals surface area contributed by atoms with E-state index in [1.165, 1.54) is 0 Å². The summed E-state index contributed by atoms with van der Waals surface area (Å²) in [6.45, 7) is 1.47. The second kappa shape index (κ2) is 6.22. The summed E-state index contributed by atoms with van der Waals surface area (Å²) in [7, 11) is 0. The summed E-state index contributed by atoms with van der Waals surface area (Å²) in [5.74, 6) is -0.606. The molecule has 0 unspecified atom stereocenters. The molecule has 0 amide bonds. The maximum atomic E-state index is 13.2. The molecule has 1 spiro atoms. The summed E-state index contributed by atoms with van der Waals surface area (Å²) in [6, 6.07) is 1.80. The number of carbonyl (C=O) groups is 1. The van der Waals surface area contributed by atoms with Gasteiger partial charge in [0, 0.05) is 17.4 Å². The van der Waals surface area contributed by atoms with Gasteiger partial charge < -0.3 is 24.5 Å². The molecule has 2 aliphatic carbocycles. The van der Waals surface area contributed by atoms with Crippen LogP contribution in [0, 0.1) is 22.7 Å². The largest absolute Gasteiger partial charge is 0.472 e. The summed E-state index contributed by atoms with van der Waals surface area (Å²) in [6.07, 6.45) is 6.19. The Labute approximate surface area is 152 Å². The summed E-state index contributed by atoms with van der Waals surface area (Å²) < 4.78 is 10.9. The molecule has 2 fully saturated rings. The van der Waals surface area contributed by atoms with Crippen LogP contribution < -0.4 is 0 Å². The van der Waals surface area contributed by atoms with Crippen molar-refractivity contribution in [3.63, 3.8) is 0 Å². The minimum Gasteiger partial charge on any atom is -0.472 e. The van der Waals surface area contributed by atoms with Gasteiger partial charge in [-0.05, 0) is 42.7 Å². The molecule has 1 aromatic rings. The third kappa shape index (κ3) is 2.12. The smallest absolute Gasteiger partial charge is 0.313 e. The van der Waals surface area contributed by atoms with Crippen LogP contribution in [0.25, 0.3) is 0 Å². The molecule has 1 saturated carbocycles. The van der Waals surface area contributed by atoms with E-state index >= 15 is 0 Å². The van der Waals surface area contributed by atoms with E-state index in [-0.39, 0.29) is 37.1 Å². The zero-order chi connectivity index (χ0) is 18.5. The number of furan rings is 1. The predicted octanol–water partition coefficient (Wildman–Crippen LogP) is 1.96. The lowest BCUT2D eigenvalue weighted by Gasteiger charge is -2.58. The predicted molar refractivity (Wildman–Crippen MR) is 91.8 cm³/mol. The molecular formula is C20H26O6. The highest BCUT2D eigenvalue weighted by molar-refractivity contribution is 5.81. The van der Waals surface area contributed by atoms with Crippen LogP contribution in [-0.2, 0) is 9.53 Å². The topological polar surface area (TPSA) is 100 Å². The van der Waals surface area contributed by atoms with Crippen LogP contribution in [0.5, 0.6) is 0 Å². The van der Waals surface area contributed by atoms with Crippen molar-refractivity contribution in [3.05, 3.63) is 35.8 Å². The number of aliphatic hydroxyl groups excluding tert-OH is 3.